The van der Waals surface area contributed by atoms with Gasteiger partial charge in [-0.05, 0) is 18.1 Å². The molecular formula is C16H19FN2O4. The Labute approximate surface area is 133 Å². The van der Waals surface area contributed by atoms with Gasteiger partial charge in [0.1, 0.15) is 17.9 Å². The van der Waals surface area contributed by atoms with Crippen LogP contribution in [-0.2, 0) is 20.8 Å². The highest BCUT2D eigenvalue weighted by atomic mass is 19.1. The van der Waals surface area contributed by atoms with Crippen LogP contribution in [0.15, 0.2) is 36.9 Å². The van der Waals surface area contributed by atoms with Crippen LogP contribution in [0.5, 0.6) is 0 Å². The fraction of sp³-hybridized carbons (Fsp3) is 0.312. The van der Waals surface area contributed by atoms with E-state index in [0.29, 0.717) is 0 Å². The summed E-state index contributed by atoms with van der Waals surface area (Å²) in [5.41, 5.74) is 0.247. The molecule has 6 nitrogen and oxygen atoms in total. The molecule has 1 aromatic carbocycles. The molecule has 0 saturated heterocycles. The smallest absolute Gasteiger partial charge is 0.326 e. The number of amides is 2. The number of aliphatic carboxylic acids is 1. The molecule has 0 unspecified atom stereocenters. The quantitative estimate of drug-likeness (QED) is 0.623. The van der Waals surface area contributed by atoms with Crippen molar-refractivity contribution in [3.8, 4) is 0 Å². The summed E-state index contributed by atoms with van der Waals surface area (Å²) in [5, 5.41) is 13.8. The second-order valence-electron chi connectivity index (χ2n) is 4.97. The minimum atomic E-state index is -1.22. The first-order chi connectivity index (χ1) is 10.8. The summed E-state index contributed by atoms with van der Waals surface area (Å²) in [4.78, 5) is 34.6. The van der Waals surface area contributed by atoms with Crippen LogP contribution in [0, 0.1) is 5.82 Å². The Balaban J connectivity index is 2.90. The molecule has 2 amide bonds. The molecule has 1 rings (SSSR count). The molecule has 0 radical (unpaired) electrons. The average Bonchev–Trinajstić information content (AvgIpc) is 2.47. The molecule has 23 heavy (non-hydrogen) atoms. The topological polar surface area (TPSA) is 95.5 Å². The second kappa shape index (κ2) is 8.67. The minimum absolute atomic E-state index is 0.0353. The van der Waals surface area contributed by atoms with E-state index in [2.05, 4.69) is 17.2 Å². The molecule has 3 N–H and O–H groups in total. The van der Waals surface area contributed by atoms with Gasteiger partial charge in [-0.25, -0.2) is 9.18 Å². The Morgan fingerprint density at radius 2 is 1.91 bits per heavy atom. The maximum absolute atomic E-state index is 13.7. The summed E-state index contributed by atoms with van der Waals surface area (Å²) in [5.74, 6) is -2.89. The average molecular weight is 322 g/mol. The van der Waals surface area contributed by atoms with Crippen LogP contribution >= 0.6 is 0 Å². The molecule has 0 aliphatic carbocycles. The van der Waals surface area contributed by atoms with Gasteiger partial charge in [0, 0.05) is 13.3 Å². The van der Waals surface area contributed by atoms with Crippen molar-refractivity contribution in [3.63, 3.8) is 0 Å². The predicted molar refractivity (Wildman–Crippen MR) is 82.1 cm³/mol. The first kappa shape index (κ1) is 18.3. The summed E-state index contributed by atoms with van der Waals surface area (Å²) in [6, 6.07) is 3.63. The zero-order valence-corrected chi connectivity index (χ0v) is 12.7. The Kier molecular flexibility index (Phi) is 6.92. The van der Waals surface area contributed by atoms with E-state index < -0.39 is 35.7 Å². The Morgan fingerprint density at radius 3 is 2.43 bits per heavy atom. The van der Waals surface area contributed by atoms with Gasteiger partial charge in [-0.15, -0.1) is 6.58 Å². The number of hydrogen-bond acceptors (Lipinski definition) is 3. The molecule has 0 saturated carbocycles. The molecule has 0 heterocycles. The second-order valence-corrected chi connectivity index (χ2v) is 4.97. The van der Waals surface area contributed by atoms with E-state index in [4.69, 9.17) is 5.11 Å². The SMILES string of the molecule is C=CC[C@H](NC(=O)[C@H](Cc1ccccc1F)NC(C)=O)C(=O)O. The number of carboxylic acid groups (broad SMARTS) is 1. The zero-order valence-electron chi connectivity index (χ0n) is 12.7. The predicted octanol–water partition coefficient (Wildman–Crippen LogP) is 1.02. The number of nitrogens with one attached hydrogen (secondary N) is 2. The molecule has 7 heteroatoms. The fourth-order valence-corrected chi connectivity index (χ4v) is 2.00. The number of carboxylic acids is 1. The van der Waals surface area contributed by atoms with Crippen LogP contribution in [-0.4, -0.2) is 35.0 Å². The number of carbonyl (C=O) groups excluding carboxylic acids is 2. The third kappa shape index (κ3) is 5.90. The summed E-state index contributed by atoms with van der Waals surface area (Å²) in [6.45, 7) is 4.65. The summed E-state index contributed by atoms with van der Waals surface area (Å²) < 4.78 is 13.7. The van der Waals surface area contributed by atoms with Crippen molar-refractivity contribution in [2.45, 2.75) is 31.8 Å². The van der Waals surface area contributed by atoms with Crippen molar-refractivity contribution in [1.82, 2.24) is 10.6 Å². The Hall–Kier alpha value is -2.70. The fourth-order valence-electron chi connectivity index (χ4n) is 2.00. The van der Waals surface area contributed by atoms with E-state index in [1.165, 1.54) is 31.2 Å². The Bertz CT molecular complexity index is 603. The van der Waals surface area contributed by atoms with E-state index in [9.17, 15) is 18.8 Å². The van der Waals surface area contributed by atoms with Gasteiger partial charge in [-0.2, -0.15) is 0 Å². The maximum atomic E-state index is 13.7. The van der Waals surface area contributed by atoms with E-state index in [-0.39, 0.29) is 18.4 Å². The monoisotopic (exact) mass is 322 g/mol. The number of hydrogen-bond donors (Lipinski definition) is 3. The van der Waals surface area contributed by atoms with Crippen molar-refractivity contribution in [2.24, 2.45) is 0 Å². The lowest BCUT2D eigenvalue weighted by molar-refractivity contribution is -0.142. The number of halogens is 1. The van der Waals surface area contributed by atoms with Gasteiger partial charge in [-0.3, -0.25) is 9.59 Å². The lowest BCUT2D eigenvalue weighted by Gasteiger charge is -2.20. The molecule has 0 fully saturated rings. The molecule has 0 spiro atoms. The largest absolute Gasteiger partial charge is 0.480 e. The number of benzene rings is 1. The van der Waals surface area contributed by atoms with Gasteiger partial charge >= 0.3 is 5.97 Å². The normalized spacial score (nSPS) is 12.8. The minimum Gasteiger partial charge on any atom is -0.480 e. The standard InChI is InChI=1S/C16H19FN2O4/c1-3-6-13(16(22)23)19-15(21)14(18-10(2)20)9-11-7-4-5-8-12(11)17/h3-5,7-8,13-14H,1,6,9H2,2H3,(H,18,20)(H,19,21)(H,22,23)/t13-,14-/m0/s1. The first-order valence-electron chi connectivity index (χ1n) is 6.99. The summed E-state index contributed by atoms with van der Waals surface area (Å²) in [6.07, 6.45) is 1.31. The maximum Gasteiger partial charge on any atom is 0.326 e. The van der Waals surface area contributed by atoms with Gasteiger partial charge in [0.05, 0.1) is 0 Å². The van der Waals surface area contributed by atoms with Gasteiger partial charge in [0.25, 0.3) is 0 Å². The van der Waals surface area contributed by atoms with Crippen molar-refractivity contribution < 1.29 is 23.9 Å². The molecule has 0 aliphatic heterocycles. The van der Waals surface area contributed by atoms with E-state index in [1.807, 2.05) is 0 Å². The van der Waals surface area contributed by atoms with Crippen LogP contribution in [0.1, 0.15) is 18.9 Å². The van der Waals surface area contributed by atoms with Crippen LogP contribution in [0.3, 0.4) is 0 Å². The molecule has 2 atom stereocenters. The molecule has 0 aliphatic rings. The third-order valence-electron chi connectivity index (χ3n) is 3.09. The number of carbonyl (C=O) groups is 3. The van der Waals surface area contributed by atoms with Crippen LogP contribution < -0.4 is 10.6 Å². The van der Waals surface area contributed by atoms with Crippen molar-refractivity contribution in [1.29, 1.82) is 0 Å². The molecule has 124 valence electrons. The summed E-state index contributed by atoms with van der Waals surface area (Å²) in [7, 11) is 0. The van der Waals surface area contributed by atoms with E-state index in [0.717, 1.165) is 0 Å². The van der Waals surface area contributed by atoms with Gasteiger partial charge in [0.15, 0.2) is 0 Å². The highest BCUT2D eigenvalue weighted by molar-refractivity contribution is 5.90. The Morgan fingerprint density at radius 1 is 1.26 bits per heavy atom. The van der Waals surface area contributed by atoms with Gasteiger partial charge < -0.3 is 15.7 Å². The van der Waals surface area contributed by atoms with Crippen molar-refractivity contribution >= 4 is 17.8 Å². The molecule has 0 bridgehead atoms. The third-order valence-corrected chi connectivity index (χ3v) is 3.09. The lowest BCUT2D eigenvalue weighted by atomic mass is 10.0. The van der Waals surface area contributed by atoms with Crippen molar-refractivity contribution in [3.05, 3.63) is 48.3 Å². The van der Waals surface area contributed by atoms with Crippen LogP contribution in [0.4, 0.5) is 4.39 Å². The van der Waals surface area contributed by atoms with Crippen molar-refractivity contribution in [2.75, 3.05) is 0 Å². The highest BCUT2D eigenvalue weighted by Crippen LogP contribution is 2.10. The van der Waals surface area contributed by atoms with Crippen LogP contribution in [0.25, 0.3) is 0 Å². The molecule has 1 aromatic rings. The van der Waals surface area contributed by atoms with Crippen LogP contribution in [0.2, 0.25) is 0 Å². The highest BCUT2D eigenvalue weighted by Gasteiger charge is 2.26. The van der Waals surface area contributed by atoms with Gasteiger partial charge in [0.2, 0.25) is 11.8 Å². The number of rotatable bonds is 8. The lowest BCUT2D eigenvalue weighted by Crippen LogP contribution is -2.52. The van der Waals surface area contributed by atoms with Gasteiger partial charge in [-0.1, -0.05) is 24.3 Å². The zero-order chi connectivity index (χ0) is 17.4. The van der Waals surface area contributed by atoms with E-state index in [1.54, 1.807) is 6.07 Å². The molecule has 0 aromatic heterocycles. The van der Waals surface area contributed by atoms with E-state index >= 15 is 0 Å². The first-order valence-corrected chi connectivity index (χ1v) is 6.99. The summed E-state index contributed by atoms with van der Waals surface area (Å²) >= 11 is 0. The molecular weight excluding hydrogens is 303 g/mol.